The van der Waals surface area contributed by atoms with Gasteiger partial charge in [0.15, 0.2) is 0 Å². The highest BCUT2D eigenvalue weighted by Crippen LogP contribution is 2.04. The average Bonchev–Trinajstić information content (AvgIpc) is 1.81. The monoisotopic (exact) mass is 206 g/mol. The zero-order valence-corrected chi connectivity index (χ0v) is 8.85. The van der Waals surface area contributed by atoms with Crippen LogP contribution < -0.4 is 0 Å². The molecule has 0 N–H and O–H groups in total. The van der Waals surface area contributed by atoms with Gasteiger partial charge in [0.2, 0.25) is 0 Å². The highest BCUT2D eigenvalue weighted by Gasteiger charge is 2.18. The Morgan fingerprint density at radius 2 is 1.92 bits per heavy atom. The van der Waals surface area contributed by atoms with Gasteiger partial charge in [-0.15, -0.1) is 0 Å². The minimum absolute atomic E-state index is 0.0667. The molecule has 0 heterocycles. The van der Waals surface area contributed by atoms with Crippen LogP contribution in [0.15, 0.2) is 12.2 Å². The van der Waals surface area contributed by atoms with Gasteiger partial charge in [-0.3, -0.25) is 0 Å². The Labute approximate surface area is 78.7 Å². The number of hydrogen-bond donors (Lipinski definition) is 0. The number of carbonyl (C=O) groups is 1. The van der Waals surface area contributed by atoms with Crippen molar-refractivity contribution >= 4 is 16.1 Å². The molecule has 0 rings (SSSR count). The van der Waals surface area contributed by atoms with Crippen LogP contribution in [0.2, 0.25) is 0 Å². The van der Waals surface area contributed by atoms with Crippen LogP contribution in [0.25, 0.3) is 0 Å². The minimum Gasteiger partial charge on any atom is -0.342 e. The SMILES string of the molecule is C=C(C)C(=O)OS(=O)(=O)CC(C)C. The van der Waals surface area contributed by atoms with Crippen molar-refractivity contribution < 1.29 is 17.4 Å². The van der Waals surface area contributed by atoms with Crippen molar-refractivity contribution in [2.24, 2.45) is 5.92 Å². The predicted octanol–water partition coefficient (Wildman–Crippen LogP) is 1.09. The summed E-state index contributed by atoms with van der Waals surface area (Å²) in [6, 6.07) is 0. The second-order valence-electron chi connectivity index (χ2n) is 3.27. The van der Waals surface area contributed by atoms with E-state index < -0.39 is 16.1 Å². The lowest BCUT2D eigenvalue weighted by Gasteiger charge is -2.06. The van der Waals surface area contributed by atoms with Gasteiger partial charge in [0.05, 0.1) is 5.75 Å². The molecule has 0 unspecified atom stereocenters. The summed E-state index contributed by atoms with van der Waals surface area (Å²) in [4.78, 5) is 10.8. The van der Waals surface area contributed by atoms with E-state index >= 15 is 0 Å². The third-order valence-electron chi connectivity index (χ3n) is 1.09. The van der Waals surface area contributed by atoms with Gasteiger partial charge in [0, 0.05) is 5.57 Å². The van der Waals surface area contributed by atoms with Crippen LogP contribution >= 0.6 is 0 Å². The first-order valence-electron chi connectivity index (χ1n) is 3.86. The smallest absolute Gasteiger partial charge is 0.342 e. The molecule has 4 nitrogen and oxygen atoms in total. The zero-order valence-electron chi connectivity index (χ0n) is 8.03. The molecule has 0 aliphatic rings. The Kier molecular flexibility index (Phi) is 4.13. The van der Waals surface area contributed by atoms with Gasteiger partial charge in [-0.2, -0.15) is 8.42 Å². The van der Waals surface area contributed by atoms with Gasteiger partial charge in [-0.1, -0.05) is 20.4 Å². The topological polar surface area (TPSA) is 60.4 Å². The van der Waals surface area contributed by atoms with E-state index in [1.807, 2.05) is 0 Å². The molecule has 0 saturated carbocycles. The maximum absolute atomic E-state index is 11.1. The number of hydrogen-bond acceptors (Lipinski definition) is 4. The van der Waals surface area contributed by atoms with Crippen molar-refractivity contribution in [2.45, 2.75) is 20.8 Å². The van der Waals surface area contributed by atoms with E-state index in [1.54, 1.807) is 13.8 Å². The molecule has 0 atom stereocenters. The average molecular weight is 206 g/mol. The molecule has 13 heavy (non-hydrogen) atoms. The summed E-state index contributed by atoms with van der Waals surface area (Å²) >= 11 is 0. The van der Waals surface area contributed by atoms with E-state index in [0.717, 1.165) is 0 Å². The predicted molar refractivity (Wildman–Crippen MR) is 49.5 cm³/mol. The van der Waals surface area contributed by atoms with Crippen molar-refractivity contribution in [1.29, 1.82) is 0 Å². The summed E-state index contributed by atoms with van der Waals surface area (Å²) in [5.74, 6) is -1.12. The minimum atomic E-state index is -3.74. The fourth-order valence-electron chi connectivity index (χ4n) is 0.629. The Bertz CT molecular complexity index is 300. The zero-order chi connectivity index (χ0) is 10.6. The molecule has 0 aromatic heterocycles. The molecule has 0 spiro atoms. The van der Waals surface area contributed by atoms with Gasteiger partial charge in [0.1, 0.15) is 0 Å². The second-order valence-corrected chi connectivity index (χ2v) is 4.88. The molecule has 76 valence electrons. The molecule has 0 aromatic rings. The third-order valence-corrected chi connectivity index (χ3v) is 2.57. The first kappa shape index (κ1) is 12.2. The van der Waals surface area contributed by atoms with Crippen LogP contribution in [-0.2, 0) is 19.1 Å². The van der Waals surface area contributed by atoms with Crippen molar-refractivity contribution in [2.75, 3.05) is 5.75 Å². The Balaban J connectivity index is 4.36. The first-order valence-corrected chi connectivity index (χ1v) is 5.44. The summed E-state index contributed by atoms with van der Waals surface area (Å²) in [7, 11) is -3.74. The quantitative estimate of drug-likeness (QED) is 0.510. The third kappa shape index (κ3) is 5.41. The first-order chi connectivity index (χ1) is 5.74. The Morgan fingerprint density at radius 1 is 1.46 bits per heavy atom. The van der Waals surface area contributed by atoms with E-state index in [1.165, 1.54) is 6.92 Å². The van der Waals surface area contributed by atoms with E-state index in [0.29, 0.717) is 0 Å². The lowest BCUT2D eigenvalue weighted by Crippen LogP contribution is -2.19. The van der Waals surface area contributed by atoms with Gasteiger partial charge in [-0.05, 0) is 12.8 Å². The Hall–Kier alpha value is -0.840. The maximum atomic E-state index is 11.1. The van der Waals surface area contributed by atoms with Gasteiger partial charge < -0.3 is 4.18 Å². The molecular formula is C8H14O4S. The van der Waals surface area contributed by atoms with Gasteiger partial charge >= 0.3 is 16.1 Å². The van der Waals surface area contributed by atoms with E-state index in [9.17, 15) is 13.2 Å². The summed E-state index contributed by atoms with van der Waals surface area (Å²) in [6.07, 6.45) is 0. The summed E-state index contributed by atoms with van der Waals surface area (Å²) in [5.41, 5.74) is 0.0762. The van der Waals surface area contributed by atoms with Gasteiger partial charge in [-0.25, -0.2) is 4.79 Å². The van der Waals surface area contributed by atoms with Crippen LogP contribution in [0.3, 0.4) is 0 Å². The molecule has 0 fully saturated rings. The highest BCUT2D eigenvalue weighted by molar-refractivity contribution is 7.87. The largest absolute Gasteiger partial charge is 0.348 e. The summed E-state index contributed by atoms with van der Waals surface area (Å²) < 4.78 is 26.4. The second kappa shape index (κ2) is 4.41. The van der Waals surface area contributed by atoms with E-state index in [2.05, 4.69) is 10.8 Å². The van der Waals surface area contributed by atoms with Crippen molar-refractivity contribution in [3.05, 3.63) is 12.2 Å². The molecule has 0 aromatic carbocycles. The molecular weight excluding hydrogens is 192 g/mol. The fraction of sp³-hybridized carbons (Fsp3) is 0.625. The molecule has 5 heteroatoms. The maximum Gasteiger partial charge on any atom is 0.348 e. The van der Waals surface area contributed by atoms with Crippen LogP contribution in [0.4, 0.5) is 0 Å². The number of carbonyl (C=O) groups excluding carboxylic acids is 1. The molecule has 0 bridgehead atoms. The van der Waals surface area contributed by atoms with Crippen LogP contribution in [0.5, 0.6) is 0 Å². The van der Waals surface area contributed by atoms with Crippen molar-refractivity contribution in [3.8, 4) is 0 Å². The highest BCUT2D eigenvalue weighted by atomic mass is 32.2. The molecule has 0 saturated heterocycles. The lowest BCUT2D eigenvalue weighted by molar-refractivity contribution is -0.129. The van der Waals surface area contributed by atoms with E-state index in [4.69, 9.17) is 0 Å². The molecule has 0 aliphatic heterocycles. The van der Waals surface area contributed by atoms with Gasteiger partial charge in [0.25, 0.3) is 0 Å². The standard InChI is InChI=1S/C8H14O4S/c1-6(2)5-13(10,11)12-8(9)7(3)4/h6H,3,5H2,1-2,4H3. The number of rotatable bonds is 4. The fourth-order valence-corrected chi connectivity index (χ4v) is 1.89. The molecule has 0 radical (unpaired) electrons. The van der Waals surface area contributed by atoms with E-state index in [-0.39, 0.29) is 17.2 Å². The summed E-state index contributed by atoms with van der Waals surface area (Å²) in [6.45, 7) is 8.13. The van der Waals surface area contributed by atoms with Crippen molar-refractivity contribution in [3.63, 3.8) is 0 Å². The normalized spacial score (nSPS) is 11.4. The summed E-state index contributed by atoms with van der Waals surface area (Å²) in [5, 5.41) is 0. The molecule has 0 aliphatic carbocycles. The van der Waals surface area contributed by atoms with Crippen molar-refractivity contribution in [1.82, 2.24) is 0 Å². The van der Waals surface area contributed by atoms with Crippen LogP contribution in [-0.4, -0.2) is 20.1 Å². The van der Waals surface area contributed by atoms with Crippen LogP contribution in [0.1, 0.15) is 20.8 Å². The molecule has 0 amide bonds. The van der Waals surface area contributed by atoms with Crippen LogP contribution in [0, 0.1) is 5.92 Å². The Morgan fingerprint density at radius 3 is 2.23 bits per heavy atom. The lowest BCUT2D eigenvalue weighted by atomic mass is 10.3.